The summed E-state index contributed by atoms with van der Waals surface area (Å²) in [6.07, 6.45) is 2.89. The number of likely N-dealkylation sites (tertiary alicyclic amines) is 1. The summed E-state index contributed by atoms with van der Waals surface area (Å²) in [4.78, 5) is 14.4. The zero-order valence-corrected chi connectivity index (χ0v) is 16.0. The van der Waals surface area contributed by atoms with Crippen molar-refractivity contribution in [1.82, 2.24) is 10.2 Å². The molecule has 136 valence electrons. The third-order valence-electron chi connectivity index (χ3n) is 6.12. The van der Waals surface area contributed by atoms with Gasteiger partial charge in [-0.3, -0.25) is 10.1 Å². The minimum Gasteiger partial charge on any atom is -0.344 e. The van der Waals surface area contributed by atoms with Crippen LogP contribution in [0.15, 0.2) is 48.5 Å². The van der Waals surface area contributed by atoms with E-state index in [-0.39, 0.29) is 17.5 Å². The first-order valence-corrected chi connectivity index (χ1v) is 9.73. The molecule has 2 heterocycles. The second kappa shape index (κ2) is 6.55. The molecular weight excluding hydrogens is 320 g/mol. The predicted octanol–water partition coefficient (Wildman–Crippen LogP) is 4.50. The molecule has 2 fully saturated rings. The van der Waals surface area contributed by atoms with Crippen molar-refractivity contribution in [2.45, 2.75) is 50.6 Å². The van der Waals surface area contributed by atoms with Crippen LogP contribution in [0.5, 0.6) is 0 Å². The highest BCUT2D eigenvalue weighted by atomic mass is 16.2. The second-order valence-electron chi connectivity index (χ2n) is 8.16. The maximum Gasteiger partial charge on any atom is 0.242 e. The number of rotatable bonds is 3. The van der Waals surface area contributed by atoms with Gasteiger partial charge in [0, 0.05) is 19.6 Å². The van der Waals surface area contributed by atoms with E-state index in [2.05, 4.69) is 67.7 Å². The van der Waals surface area contributed by atoms with Gasteiger partial charge in [0.1, 0.15) is 5.54 Å². The summed E-state index contributed by atoms with van der Waals surface area (Å²) < 4.78 is 0. The quantitative estimate of drug-likeness (QED) is 0.885. The van der Waals surface area contributed by atoms with Gasteiger partial charge in [-0.25, -0.2) is 0 Å². The Labute approximate surface area is 156 Å². The molecule has 4 rings (SSSR count). The highest BCUT2D eigenvalue weighted by Gasteiger charge is 2.49. The number of hydrogen-bond acceptors (Lipinski definition) is 2. The van der Waals surface area contributed by atoms with Crippen molar-refractivity contribution in [3.05, 3.63) is 59.7 Å². The van der Waals surface area contributed by atoms with Crippen LogP contribution in [0.4, 0.5) is 0 Å². The van der Waals surface area contributed by atoms with E-state index < -0.39 is 0 Å². The first kappa shape index (κ1) is 17.3. The second-order valence-corrected chi connectivity index (χ2v) is 8.16. The molecule has 2 aliphatic rings. The first-order chi connectivity index (χ1) is 12.5. The van der Waals surface area contributed by atoms with Gasteiger partial charge < -0.3 is 4.90 Å². The van der Waals surface area contributed by atoms with Crippen molar-refractivity contribution in [1.29, 1.82) is 0 Å². The van der Waals surface area contributed by atoms with E-state index in [9.17, 15) is 4.79 Å². The minimum absolute atomic E-state index is 0.261. The fourth-order valence-corrected chi connectivity index (χ4v) is 4.60. The molecule has 2 aromatic rings. The van der Waals surface area contributed by atoms with Crippen LogP contribution < -0.4 is 5.32 Å². The van der Waals surface area contributed by atoms with Crippen LogP contribution in [0.3, 0.4) is 0 Å². The van der Waals surface area contributed by atoms with E-state index in [0.29, 0.717) is 5.92 Å². The van der Waals surface area contributed by atoms with E-state index in [1.807, 2.05) is 11.9 Å². The fourth-order valence-electron chi connectivity index (χ4n) is 4.60. The standard InChI is InChI=1S/C23H28N2O/c1-16(2)19-9-4-5-10-20(19)17-7-6-8-18(15-17)21-11-12-23(24-21)13-14-25(3)22(23)26/h4-10,15-16,21,24H,11-14H2,1-3H3/t21-,23-/m0/s1. The summed E-state index contributed by atoms with van der Waals surface area (Å²) in [5, 5.41) is 3.69. The van der Waals surface area contributed by atoms with Crippen LogP contribution >= 0.6 is 0 Å². The van der Waals surface area contributed by atoms with Crippen LogP contribution in [0, 0.1) is 0 Å². The summed E-state index contributed by atoms with van der Waals surface area (Å²) in [5.74, 6) is 0.760. The molecule has 1 N–H and O–H groups in total. The first-order valence-electron chi connectivity index (χ1n) is 9.73. The molecule has 2 atom stereocenters. The highest BCUT2D eigenvalue weighted by molar-refractivity contribution is 5.88. The monoisotopic (exact) mass is 348 g/mol. The molecular formula is C23H28N2O. The third kappa shape index (κ3) is 2.84. The van der Waals surface area contributed by atoms with Crippen LogP contribution in [0.25, 0.3) is 11.1 Å². The Morgan fingerprint density at radius 1 is 1.12 bits per heavy atom. The average molecular weight is 348 g/mol. The normalized spacial score (nSPS) is 25.6. The van der Waals surface area contributed by atoms with Crippen LogP contribution in [0.2, 0.25) is 0 Å². The highest BCUT2D eigenvalue weighted by Crippen LogP contribution is 2.40. The van der Waals surface area contributed by atoms with Crippen molar-refractivity contribution in [2.24, 2.45) is 0 Å². The molecule has 3 heteroatoms. The maximum absolute atomic E-state index is 12.6. The molecule has 0 aromatic heterocycles. The van der Waals surface area contributed by atoms with Crippen molar-refractivity contribution in [2.75, 3.05) is 13.6 Å². The number of carbonyl (C=O) groups is 1. The summed E-state index contributed by atoms with van der Waals surface area (Å²) in [5.41, 5.74) is 4.93. The van der Waals surface area contributed by atoms with Gasteiger partial charge in [-0.1, -0.05) is 56.3 Å². The lowest BCUT2D eigenvalue weighted by atomic mass is 9.91. The molecule has 1 amide bonds. The number of nitrogens with one attached hydrogen (secondary N) is 1. The van der Waals surface area contributed by atoms with E-state index in [1.165, 1.54) is 22.3 Å². The lowest BCUT2D eigenvalue weighted by Gasteiger charge is -2.23. The van der Waals surface area contributed by atoms with Crippen LogP contribution in [-0.4, -0.2) is 29.9 Å². The number of benzene rings is 2. The van der Waals surface area contributed by atoms with Gasteiger partial charge in [-0.05, 0) is 53.5 Å². The zero-order chi connectivity index (χ0) is 18.3. The summed E-state index contributed by atoms with van der Waals surface area (Å²) in [6, 6.07) is 17.8. The Bertz CT molecular complexity index is 828. The third-order valence-corrected chi connectivity index (χ3v) is 6.12. The van der Waals surface area contributed by atoms with Crippen LogP contribution in [0.1, 0.15) is 56.2 Å². The number of amides is 1. The Kier molecular flexibility index (Phi) is 4.36. The van der Waals surface area contributed by atoms with Crippen molar-refractivity contribution in [3.8, 4) is 11.1 Å². The summed E-state index contributed by atoms with van der Waals surface area (Å²) in [7, 11) is 1.91. The molecule has 0 bridgehead atoms. The Morgan fingerprint density at radius 2 is 1.92 bits per heavy atom. The molecule has 2 saturated heterocycles. The van der Waals surface area contributed by atoms with E-state index in [0.717, 1.165) is 25.8 Å². The topological polar surface area (TPSA) is 32.3 Å². The molecule has 0 aliphatic carbocycles. The number of hydrogen-bond donors (Lipinski definition) is 1. The molecule has 26 heavy (non-hydrogen) atoms. The van der Waals surface area contributed by atoms with Crippen LogP contribution in [-0.2, 0) is 4.79 Å². The molecule has 3 nitrogen and oxygen atoms in total. The van der Waals surface area contributed by atoms with Gasteiger partial charge in [-0.2, -0.15) is 0 Å². The maximum atomic E-state index is 12.6. The molecule has 2 aliphatic heterocycles. The van der Waals surface area contributed by atoms with Gasteiger partial charge in [0.15, 0.2) is 0 Å². The van der Waals surface area contributed by atoms with E-state index in [1.54, 1.807) is 0 Å². The van der Waals surface area contributed by atoms with Gasteiger partial charge in [0.05, 0.1) is 0 Å². The lowest BCUT2D eigenvalue weighted by Crippen LogP contribution is -2.47. The SMILES string of the molecule is CC(C)c1ccccc1-c1cccc([C@@H]2CC[C@@]3(CCN(C)C3=O)N2)c1. The molecule has 1 spiro atoms. The zero-order valence-electron chi connectivity index (χ0n) is 16.0. The van der Waals surface area contributed by atoms with E-state index >= 15 is 0 Å². The Hall–Kier alpha value is -2.13. The van der Waals surface area contributed by atoms with Gasteiger partial charge in [0.25, 0.3) is 0 Å². The molecule has 0 radical (unpaired) electrons. The Balaban J connectivity index is 1.63. The fraction of sp³-hybridized carbons (Fsp3) is 0.435. The van der Waals surface area contributed by atoms with Crippen molar-refractivity contribution < 1.29 is 4.79 Å². The minimum atomic E-state index is -0.328. The number of likely N-dealkylation sites (N-methyl/N-ethyl adjacent to an activating group) is 1. The molecule has 0 unspecified atom stereocenters. The smallest absolute Gasteiger partial charge is 0.242 e. The average Bonchev–Trinajstić information content (AvgIpc) is 3.22. The van der Waals surface area contributed by atoms with Gasteiger partial charge in [-0.15, -0.1) is 0 Å². The predicted molar refractivity (Wildman–Crippen MR) is 106 cm³/mol. The molecule has 0 saturated carbocycles. The molecule has 2 aromatic carbocycles. The van der Waals surface area contributed by atoms with E-state index in [4.69, 9.17) is 0 Å². The van der Waals surface area contributed by atoms with Gasteiger partial charge in [0.2, 0.25) is 5.91 Å². The Morgan fingerprint density at radius 3 is 2.65 bits per heavy atom. The largest absolute Gasteiger partial charge is 0.344 e. The van der Waals surface area contributed by atoms with Crippen molar-refractivity contribution in [3.63, 3.8) is 0 Å². The number of carbonyl (C=O) groups excluding carboxylic acids is 1. The number of nitrogens with zero attached hydrogens (tertiary/aromatic N) is 1. The van der Waals surface area contributed by atoms with Crippen molar-refractivity contribution >= 4 is 5.91 Å². The van der Waals surface area contributed by atoms with Gasteiger partial charge >= 0.3 is 0 Å². The summed E-state index contributed by atoms with van der Waals surface area (Å²) in [6.45, 7) is 5.35. The summed E-state index contributed by atoms with van der Waals surface area (Å²) >= 11 is 0. The lowest BCUT2D eigenvalue weighted by molar-refractivity contribution is -0.131.